The highest BCUT2D eigenvalue weighted by molar-refractivity contribution is 5.58. The molecule has 0 aromatic rings. The lowest BCUT2D eigenvalue weighted by molar-refractivity contribution is -0.109. The van der Waals surface area contributed by atoms with E-state index in [1.807, 2.05) is 0 Å². The fourth-order valence-corrected chi connectivity index (χ4v) is 1.18. The Morgan fingerprint density at radius 1 is 1.75 bits per heavy atom. The van der Waals surface area contributed by atoms with E-state index in [4.69, 9.17) is 0 Å². The molecule has 0 saturated carbocycles. The summed E-state index contributed by atoms with van der Waals surface area (Å²) in [5.41, 5.74) is 3.04. The molecule has 1 N–H and O–H groups in total. The van der Waals surface area contributed by atoms with Crippen LogP contribution in [0.2, 0.25) is 0 Å². The van der Waals surface area contributed by atoms with Crippen LogP contribution in [0.15, 0.2) is 0 Å². The van der Waals surface area contributed by atoms with Crippen LogP contribution >= 0.6 is 0 Å². The summed E-state index contributed by atoms with van der Waals surface area (Å²) in [7, 11) is 0. The molecule has 3 nitrogen and oxygen atoms in total. The number of rotatable bonds is 1. The van der Waals surface area contributed by atoms with Gasteiger partial charge >= 0.3 is 0 Å². The van der Waals surface area contributed by atoms with Gasteiger partial charge in [-0.25, -0.2) is 10.4 Å². The third-order valence-corrected chi connectivity index (χ3v) is 1.74. The van der Waals surface area contributed by atoms with Gasteiger partial charge in [-0.05, 0) is 6.42 Å². The molecule has 3 unspecified atom stereocenters. The summed E-state index contributed by atoms with van der Waals surface area (Å²) in [5.74, 6) is 0. The van der Waals surface area contributed by atoms with Crippen LogP contribution in [0.3, 0.4) is 0 Å². The largest absolute Gasteiger partial charge is 0.302 e. The van der Waals surface area contributed by atoms with Crippen molar-refractivity contribution in [3.63, 3.8) is 0 Å². The van der Waals surface area contributed by atoms with Crippen molar-refractivity contribution in [2.45, 2.75) is 18.5 Å². The summed E-state index contributed by atoms with van der Waals surface area (Å²) in [6.45, 7) is 1.14. The molecule has 2 saturated heterocycles. The van der Waals surface area contributed by atoms with Gasteiger partial charge < -0.3 is 4.79 Å². The molecule has 2 rings (SSSR count). The van der Waals surface area contributed by atoms with Gasteiger partial charge in [-0.1, -0.05) is 0 Å². The van der Waals surface area contributed by atoms with Crippen molar-refractivity contribution in [2.75, 3.05) is 6.54 Å². The van der Waals surface area contributed by atoms with Gasteiger partial charge in [-0.15, -0.1) is 0 Å². The number of aldehydes is 1. The maximum absolute atomic E-state index is 10.1. The average Bonchev–Trinajstić information content (AvgIpc) is 2.40. The monoisotopic (exact) mass is 112 g/mol. The molecule has 0 aromatic carbocycles. The Kier molecular flexibility index (Phi) is 0.725. The van der Waals surface area contributed by atoms with E-state index in [-0.39, 0.29) is 6.04 Å². The number of carbonyl (C=O) groups excluding carboxylic acids is 1. The normalized spacial score (nSPS) is 50.8. The van der Waals surface area contributed by atoms with Gasteiger partial charge in [0.05, 0.1) is 6.04 Å². The quantitative estimate of drug-likeness (QED) is 0.354. The molecular weight excluding hydrogens is 104 g/mol. The second-order valence-corrected chi connectivity index (χ2v) is 2.41. The minimum absolute atomic E-state index is 0.119. The number of nitrogens with one attached hydrogen (secondary N) is 1. The van der Waals surface area contributed by atoms with Crippen LogP contribution in [0.1, 0.15) is 6.42 Å². The first kappa shape index (κ1) is 4.47. The lowest BCUT2D eigenvalue weighted by Gasteiger charge is -2.00. The van der Waals surface area contributed by atoms with Gasteiger partial charge in [0.25, 0.3) is 0 Å². The molecule has 2 fully saturated rings. The lowest BCUT2D eigenvalue weighted by atomic mass is 10.2. The zero-order chi connectivity index (χ0) is 5.56. The molecule has 2 aliphatic rings. The van der Waals surface area contributed by atoms with E-state index >= 15 is 0 Å². The molecule has 3 atom stereocenters. The Balaban J connectivity index is 1.98. The Hall–Kier alpha value is -0.410. The van der Waals surface area contributed by atoms with Crippen LogP contribution in [0.4, 0.5) is 0 Å². The van der Waals surface area contributed by atoms with Crippen molar-refractivity contribution in [1.82, 2.24) is 10.4 Å². The fraction of sp³-hybridized carbons (Fsp3) is 0.800. The zero-order valence-electron chi connectivity index (χ0n) is 4.50. The number of carbonyl (C=O) groups is 1. The Labute approximate surface area is 47.6 Å². The van der Waals surface area contributed by atoms with Crippen LogP contribution < -0.4 is 5.43 Å². The maximum atomic E-state index is 10.1. The number of hydrogen-bond donors (Lipinski definition) is 1. The van der Waals surface area contributed by atoms with E-state index < -0.39 is 0 Å². The first-order valence-corrected chi connectivity index (χ1v) is 2.88. The molecular formula is C5H8N2O. The minimum atomic E-state index is 0.119. The summed E-state index contributed by atoms with van der Waals surface area (Å²) < 4.78 is 0. The van der Waals surface area contributed by atoms with Crippen LogP contribution in [-0.4, -0.2) is 29.9 Å². The standard InChI is InChI=1S/C5H8N2O/c8-3-4-1-5-2-7(5)6-4/h3-6H,1-2H2. The summed E-state index contributed by atoms with van der Waals surface area (Å²) in [5, 5.41) is 2.10. The van der Waals surface area contributed by atoms with Gasteiger partial charge in [0.15, 0.2) is 0 Å². The Morgan fingerprint density at radius 2 is 2.62 bits per heavy atom. The molecule has 0 radical (unpaired) electrons. The van der Waals surface area contributed by atoms with Gasteiger partial charge in [0, 0.05) is 12.6 Å². The summed E-state index contributed by atoms with van der Waals surface area (Å²) in [6, 6.07) is 0.805. The third-order valence-electron chi connectivity index (χ3n) is 1.74. The van der Waals surface area contributed by atoms with E-state index in [9.17, 15) is 4.79 Å². The molecule has 0 aromatic heterocycles. The van der Waals surface area contributed by atoms with Crippen molar-refractivity contribution in [1.29, 1.82) is 0 Å². The van der Waals surface area contributed by atoms with Gasteiger partial charge in [-0.3, -0.25) is 0 Å². The SMILES string of the molecule is O=CC1CC2CN2N1. The molecule has 2 heterocycles. The molecule has 44 valence electrons. The molecule has 8 heavy (non-hydrogen) atoms. The smallest absolute Gasteiger partial charge is 0.138 e. The van der Waals surface area contributed by atoms with Crippen molar-refractivity contribution in [3.8, 4) is 0 Å². The van der Waals surface area contributed by atoms with E-state index in [0.717, 1.165) is 19.3 Å². The van der Waals surface area contributed by atoms with Crippen LogP contribution in [0.25, 0.3) is 0 Å². The molecule has 0 amide bonds. The second kappa shape index (κ2) is 1.30. The van der Waals surface area contributed by atoms with E-state index in [2.05, 4.69) is 10.4 Å². The predicted octanol–water partition coefficient (Wildman–Crippen LogP) is -0.854. The van der Waals surface area contributed by atoms with Crippen molar-refractivity contribution >= 4 is 6.29 Å². The molecule has 2 aliphatic heterocycles. The summed E-state index contributed by atoms with van der Waals surface area (Å²) in [4.78, 5) is 10.1. The molecule has 0 bridgehead atoms. The predicted molar refractivity (Wildman–Crippen MR) is 28.1 cm³/mol. The average molecular weight is 112 g/mol. The lowest BCUT2D eigenvalue weighted by Crippen LogP contribution is -2.29. The number of hydrazine groups is 1. The van der Waals surface area contributed by atoms with Crippen molar-refractivity contribution < 1.29 is 4.79 Å². The Bertz CT molecular complexity index is 116. The van der Waals surface area contributed by atoms with Crippen molar-refractivity contribution in [2.24, 2.45) is 0 Å². The topological polar surface area (TPSA) is 32.1 Å². The number of fused-ring (bicyclic) bond motifs is 1. The molecule has 0 aliphatic carbocycles. The first-order valence-electron chi connectivity index (χ1n) is 2.88. The molecule has 0 spiro atoms. The first-order chi connectivity index (χ1) is 3.90. The van der Waals surface area contributed by atoms with Gasteiger partial charge in [-0.2, -0.15) is 0 Å². The zero-order valence-corrected chi connectivity index (χ0v) is 4.50. The van der Waals surface area contributed by atoms with E-state index in [1.54, 1.807) is 0 Å². The second-order valence-electron chi connectivity index (χ2n) is 2.41. The van der Waals surface area contributed by atoms with Gasteiger partial charge in [0.2, 0.25) is 0 Å². The fourth-order valence-electron chi connectivity index (χ4n) is 1.18. The number of nitrogens with zero attached hydrogens (tertiary/aromatic N) is 1. The van der Waals surface area contributed by atoms with Crippen molar-refractivity contribution in [3.05, 3.63) is 0 Å². The van der Waals surface area contributed by atoms with Gasteiger partial charge in [0.1, 0.15) is 6.29 Å². The van der Waals surface area contributed by atoms with Crippen LogP contribution in [-0.2, 0) is 4.79 Å². The van der Waals surface area contributed by atoms with E-state index in [0.29, 0.717) is 6.04 Å². The highest BCUT2D eigenvalue weighted by Crippen LogP contribution is 2.25. The number of hydrogen-bond acceptors (Lipinski definition) is 3. The highest BCUT2D eigenvalue weighted by Gasteiger charge is 2.43. The third kappa shape index (κ3) is 0.485. The summed E-state index contributed by atoms with van der Waals surface area (Å²) in [6.07, 6.45) is 2.00. The van der Waals surface area contributed by atoms with Crippen LogP contribution in [0, 0.1) is 0 Å². The molecule has 3 heteroatoms. The minimum Gasteiger partial charge on any atom is -0.302 e. The van der Waals surface area contributed by atoms with E-state index in [1.165, 1.54) is 0 Å². The summed E-state index contributed by atoms with van der Waals surface area (Å²) >= 11 is 0. The maximum Gasteiger partial charge on any atom is 0.138 e. The van der Waals surface area contributed by atoms with Crippen LogP contribution in [0.5, 0.6) is 0 Å². The highest BCUT2D eigenvalue weighted by atomic mass is 16.1. The Morgan fingerprint density at radius 3 is 3.00 bits per heavy atom.